The molecule has 0 radical (unpaired) electrons. The minimum atomic E-state index is -0.666. The number of anilines is 1. The maximum Gasteiger partial charge on any atom is 0.331 e. The van der Waals surface area contributed by atoms with Crippen molar-refractivity contribution in [3.05, 3.63) is 46.8 Å². The molecule has 7 nitrogen and oxygen atoms in total. The molecule has 2 aromatic rings. The molecule has 8 heteroatoms. The molecule has 25 heavy (non-hydrogen) atoms. The number of carbonyl (C=O) groups is 2. The number of methoxy groups -OCH3 is 2. The van der Waals surface area contributed by atoms with Crippen molar-refractivity contribution in [1.29, 1.82) is 0 Å². The normalized spacial score (nSPS) is 10.5. The minimum absolute atomic E-state index is 0.416. The Kier molecular flexibility index (Phi) is 6.64. The van der Waals surface area contributed by atoms with Crippen LogP contribution >= 0.6 is 15.9 Å². The van der Waals surface area contributed by atoms with Gasteiger partial charge in [-0.25, -0.2) is 4.79 Å². The van der Waals surface area contributed by atoms with E-state index in [1.807, 2.05) is 0 Å². The number of benzene rings is 1. The molecule has 1 amide bonds. The van der Waals surface area contributed by atoms with Crippen molar-refractivity contribution in [2.24, 2.45) is 0 Å². The molecule has 0 aliphatic heterocycles. The van der Waals surface area contributed by atoms with E-state index in [-0.39, 0.29) is 0 Å². The van der Waals surface area contributed by atoms with Crippen molar-refractivity contribution in [1.82, 2.24) is 0 Å². The summed E-state index contributed by atoms with van der Waals surface area (Å²) in [6, 6.07) is 8.33. The number of nitrogens with one attached hydrogen (secondary N) is 1. The summed E-state index contributed by atoms with van der Waals surface area (Å²) < 4.78 is 20.9. The molecule has 0 aliphatic carbocycles. The van der Waals surface area contributed by atoms with E-state index in [1.165, 1.54) is 26.4 Å². The number of esters is 1. The van der Waals surface area contributed by atoms with Gasteiger partial charge in [0.1, 0.15) is 17.3 Å². The summed E-state index contributed by atoms with van der Waals surface area (Å²) in [4.78, 5) is 23.5. The van der Waals surface area contributed by atoms with Gasteiger partial charge < -0.3 is 23.9 Å². The molecule has 0 fully saturated rings. The molecule has 1 aromatic heterocycles. The van der Waals surface area contributed by atoms with Crippen molar-refractivity contribution in [2.45, 2.75) is 0 Å². The van der Waals surface area contributed by atoms with Gasteiger partial charge in [0.15, 0.2) is 11.3 Å². The van der Waals surface area contributed by atoms with Gasteiger partial charge in [-0.15, -0.1) is 0 Å². The van der Waals surface area contributed by atoms with Crippen LogP contribution in [-0.4, -0.2) is 32.7 Å². The Morgan fingerprint density at radius 3 is 2.64 bits per heavy atom. The number of hydrogen-bond acceptors (Lipinski definition) is 6. The zero-order chi connectivity index (χ0) is 18.2. The Hall–Kier alpha value is -2.74. The van der Waals surface area contributed by atoms with E-state index in [9.17, 15) is 9.59 Å². The lowest BCUT2D eigenvalue weighted by atomic mass is 10.2. The van der Waals surface area contributed by atoms with Crippen LogP contribution in [0.4, 0.5) is 5.69 Å². The third-order valence-corrected chi connectivity index (χ3v) is 3.43. The first-order valence-electron chi connectivity index (χ1n) is 7.14. The highest BCUT2D eigenvalue weighted by Gasteiger charge is 2.11. The second-order valence-corrected chi connectivity index (χ2v) is 5.48. The standard InChI is InChI=1S/C17H16BrNO6/c1-22-12-3-6-14(23-2)13(9-12)19-16(20)10-24-17(21)8-5-11-4-7-15(18)25-11/h3-9H,10H2,1-2H3,(H,19,20)/b8-5+. The molecule has 0 atom stereocenters. The van der Waals surface area contributed by atoms with Gasteiger partial charge in [0.25, 0.3) is 5.91 Å². The summed E-state index contributed by atoms with van der Waals surface area (Å²) in [7, 11) is 2.99. The SMILES string of the molecule is COc1ccc(OC)c(NC(=O)COC(=O)/C=C/c2ccc(Br)o2)c1. The Morgan fingerprint density at radius 1 is 1.20 bits per heavy atom. The number of halogens is 1. The van der Waals surface area contributed by atoms with Crippen molar-refractivity contribution >= 4 is 39.6 Å². The fraction of sp³-hybridized carbons (Fsp3) is 0.176. The lowest BCUT2D eigenvalue weighted by Crippen LogP contribution is -2.20. The van der Waals surface area contributed by atoms with Crippen molar-refractivity contribution in [3.8, 4) is 11.5 Å². The quantitative estimate of drug-likeness (QED) is 0.557. The molecule has 1 aromatic carbocycles. The minimum Gasteiger partial charge on any atom is -0.497 e. The molecule has 0 aliphatic rings. The fourth-order valence-electron chi connectivity index (χ4n) is 1.85. The van der Waals surface area contributed by atoms with E-state index < -0.39 is 18.5 Å². The Morgan fingerprint density at radius 2 is 2.00 bits per heavy atom. The molecule has 1 heterocycles. The van der Waals surface area contributed by atoms with E-state index in [2.05, 4.69) is 21.2 Å². The molecule has 0 spiro atoms. The lowest BCUT2D eigenvalue weighted by molar-refractivity contribution is -0.142. The zero-order valence-electron chi connectivity index (χ0n) is 13.6. The summed E-state index contributed by atoms with van der Waals surface area (Å²) in [6.07, 6.45) is 2.61. The second kappa shape index (κ2) is 8.93. The summed E-state index contributed by atoms with van der Waals surface area (Å²) >= 11 is 3.15. The predicted molar refractivity (Wildman–Crippen MR) is 94.6 cm³/mol. The number of amides is 1. The Labute approximate surface area is 152 Å². The van der Waals surface area contributed by atoms with E-state index in [1.54, 1.807) is 30.3 Å². The molecule has 132 valence electrons. The molecule has 0 saturated carbocycles. The van der Waals surface area contributed by atoms with Crippen LogP contribution in [0.5, 0.6) is 11.5 Å². The van der Waals surface area contributed by atoms with Gasteiger partial charge in [0, 0.05) is 12.1 Å². The van der Waals surface area contributed by atoms with E-state index in [4.69, 9.17) is 18.6 Å². The molecule has 0 bridgehead atoms. The largest absolute Gasteiger partial charge is 0.497 e. The van der Waals surface area contributed by atoms with Crippen LogP contribution in [-0.2, 0) is 14.3 Å². The third kappa shape index (κ3) is 5.68. The number of furan rings is 1. The highest BCUT2D eigenvalue weighted by Crippen LogP contribution is 2.28. The average Bonchev–Trinajstić information content (AvgIpc) is 3.03. The maximum absolute atomic E-state index is 11.9. The lowest BCUT2D eigenvalue weighted by Gasteiger charge is -2.11. The molecule has 1 N–H and O–H groups in total. The summed E-state index contributed by atoms with van der Waals surface area (Å²) in [5.41, 5.74) is 0.416. The van der Waals surface area contributed by atoms with Crippen LogP contribution in [0.2, 0.25) is 0 Å². The monoisotopic (exact) mass is 409 g/mol. The summed E-state index contributed by atoms with van der Waals surface area (Å²) in [5.74, 6) is 0.327. The highest BCUT2D eigenvalue weighted by atomic mass is 79.9. The van der Waals surface area contributed by atoms with Crippen LogP contribution in [0.25, 0.3) is 6.08 Å². The topological polar surface area (TPSA) is 87.0 Å². The summed E-state index contributed by atoms with van der Waals surface area (Å²) in [5, 5.41) is 2.60. The first-order chi connectivity index (χ1) is 12.0. The molecule has 0 saturated heterocycles. The van der Waals surface area contributed by atoms with Crippen LogP contribution in [0.15, 0.2) is 45.5 Å². The highest BCUT2D eigenvalue weighted by molar-refractivity contribution is 9.10. The molecular formula is C17H16BrNO6. The second-order valence-electron chi connectivity index (χ2n) is 4.70. The third-order valence-electron chi connectivity index (χ3n) is 3.00. The van der Waals surface area contributed by atoms with E-state index >= 15 is 0 Å². The van der Waals surface area contributed by atoms with Crippen molar-refractivity contribution < 1.29 is 28.2 Å². The average molecular weight is 410 g/mol. The van der Waals surface area contributed by atoms with Crippen molar-refractivity contribution in [2.75, 3.05) is 26.1 Å². The Balaban J connectivity index is 1.88. The van der Waals surface area contributed by atoms with Crippen molar-refractivity contribution in [3.63, 3.8) is 0 Å². The van der Waals surface area contributed by atoms with Crippen LogP contribution in [0.3, 0.4) is 0 Å². The van der Waals surface area contributed by atoms with Gasteiger partial charge in [-0.3, -0.25) is 4.79 Å². The fourth-order valence-corrected chi connectivity index (χ4v) is 2.17. The first-order valence-corrected chi connectivity index (χ1v) is 7.93. The zero-order valence-corrected chi connectivity index (χ0v) is 15.2. The van der Waals surface area contributed by atoms with Gasteiger partial charge in [-0.05, 0) is 46.3 Å². The number of ether oxygens (including phenoxy) is 3. The van der Waals surface area contributed by atoms with Gasteiger partial charge >= 0.3 is 5.97 Å². The number of hydrogen-bond donors (Lipinski definition) is 1. The van der Waals surface area contributed by atoms with Gasteiger partial charge in [0.05, 0.1) is 19.9 Å². The van der Waals surface area contributed by atoms with Crippen LogP contribution in [0, 0.1) is 0 Å². The molecule has 0 unspecified atom stereocenters. The van der Waals surface area contributed by atoms with E-state index in [0.29, 0.717) is 27.6 Å². The molecular weight excluding hydrogens is 394 g/mol. The first kappa shape index (κ1) is 18.6. The smallest absolute Gasteiger partial charge is 0.331 e. The predicted octanol–water partition coefficient (Wildman–Crippen LogP) is 3.25. The molecule has 2 rings (SSSR count). The number of carbonyl (C=O) groups excluding carboxylic acids is 2. The van der Waals surface area contributed by atoms with Crippen LogP contribution < -0.4 is 14.8 Å². The maximum atomic E-state index is 11.9. The van der Waals surface area contributed by atoms with Gasteiger partial charge in [-0.1, -0.05) is 0 Å². The van der Waals surface area contributed by atoms with Gasteiger partial charge in [-0.2, -0.15) is 0 Å². The number of rotatable bonds is 7. The Bertz CT molecular complexity index is 783. The summed E-state index contributed by atoms with van der Waals surface area (Å²) in [6.45, 7) is -0.439. The van der Waals surface area contributed by atoms with Gasteiger partial charge in [0.2, 0.25) is 0 Å². The van der Waals surface area contributed by atoms with E-state index in [0.717, 1.165) is 0 Å². The van der Waals surface area contributed by atoms with Crippen LogP contribution in [0.1, 0.15) is 5.76 Å².